The third-order valence-corrected chi connectivity index (χ3v) is 4.04. The lowest BCUT2D eigenvalue weighted by atomic mass is 9.59. The predicted octanol–water partition coefficient (Wildman–Crippen LogP) is 2.99. The third-order valence-electron chi connectivity index (χ3n) is 4.04. The van der Waals surface area contributed by atoms with Crippen LogP contribution in [0.25, 0.3) is 0 Å². The molecule has 0 bridgehead atoms. The zero-order valence-electron chi connectivity index (χ0n) is 12.0. The summed E-state index contributed by atoms with van der Waals surface area (Å²) in [6, 6.07) is 0. The first kappa shape index (κ1) is 14.9. The summed E-state index contributed by atoms with van der Waals surface area (Å²) in [6.07, 6.45) is 4.75. The van der Waals surface area contributed by atoms with Crippen LogP contribution in [0.5, 0.6) is 0 Å². The minimum Gasteiger partial charge on any atom is -0.469 e. The fourth-order valence-electron chi connectivity index (χ4n) is 3.71. The van der Waals surface area contributed by atoms with Crippen LogP contribution in [0.1, 0.15) is 40.5 Å². The van der Waals surface area contributed by atoms with Crippen molar-refractivity contribution in [3.8, 4) is 0 Å². The summed E-state index contributed by atoms with van der Waals surface area (Å²) in [6.45, 7) is 8.15. The van der Waals surface area contributed by atoms with Crippen molar-refractivity contribution in [1.29, 1.82) is 0 Å². The molecule has 1 saturated carbocycles. The molecule has 4 atom stereocenters. The lowest BCUT2D eigenvalue weighted by Crippen LogP contribution is -2.43. The molecule has 0 aromatic carbocycles. The first-order valence-corrected chi connectivity index (χ1v) is 6.56. The van der Waals surface area contributed by atoms with Gasteiger partial charge in [-0.15, -0.1) is 0 Å². The molecule has 3 nitrogen and oxygen atoms in total. The Labute approximate surface area is 110 Å². The van der Waals surface area contributed by atoms with E-state index < -0.39 is 0 Å². The summed E-state index contributed by atoms with van der Waals surface area (Å²) in [5, 5.41) is 0. The number of carbonyl (C=O) groups is 2. The first-order valence-electron chi connectivity index (χ1n) is 6.56. The number of esters is 1. The molecule has 0 radical (unpaired) electrons. The first-order chi connectivity index (χ1) is 8.34. The Hall–Kier alpha value is -1.12. The van der Waals surface area contributed by atoms with Crippen LogP contribution in [0.15, 0.2) is 11.6 Å². The second-order valence-corrected chi connectivity index (χ2v) is 6.04. The molecule has 1 aliphatic rings. The maximum absolute atomic E-state index is 12.0. The van der Waals surface area contributed by atoms with Gasteiger partial charge in [0.15, 0.2) is 0 Å². The van der Waals surface area contributed by atoms with Crippen LogP contribution in [0, 0.1) is 23.2 Å². The molecule has 18 heavy (non-hydrogen) atoms. The highest BCUT2D eigenvalue weighted by molar-refractivity contribution is 5.76. The number of ether oxygens (including phenoxy) is 1. The SMILES string of the molecule is COC(=O)[C@@H]1[C@@H](C)C[C@@H](C)C[C@@]1(C)/C=C(/C)C=O. The van der Waals surface area contributed by atoms with Crippen molar-refractivity contribution in [3.05, 3.63) is 11.6 Å². The molecule has 1 rings (SSSR count). The summed E-state index contributed by atoms with van der Waals surface area (Å²) in [4.78, 5) is 22.9. The van der Waals surface area contributed by atoms with Crippen LogP contribution in [0.3, 0.4) is 0 Å². The topological polar surface area (TPSA) is 43.4 Å². The zero-order valence-corrected chi connectivity index (χ0v) is 12.0. The van der Waals surface area contributed by atoms with Gasteiger partial charge in [-0.2, -0.15) is 0 Å². The van der Waals surface area contributed by atoms with Gasteiger partial charge >= 0.3 is 5.97 Å². The molecule has 0 unspecified atom stereocenters. The Bertz CT molecular complexity index is 359. The Kier molecular flexibility index (Phi) is 4.71. The summed E-state index contributed by atoms with van der Waals surface area (Å²) >= 11 is 0. The van der Waals surface area contributed by atoms with Crippen LogP contribution in [0.4, 0.5) is 0 Å². The number of aldehydes is 1. The molecule has 0 aromatic heterocycles. The van der Waals surface area contributed by atoms with E-state index in [-0.39, 0.29) is 23.2 Å². The molecule has 0 saturated heterocycles. The van der Waals surface area contributed by atoms with Crippen LogP contribution >= 0.6 is 0 Å². The van der Waals surface area contributed by atoms with Gasteiger partial charge in [0.25, 0.3) is 0 Å². The van der Waals surface area contributed by atoms with Crippen molar-refractivity contribution in [2.45, 2.75) is 40.5 Å². The average molecular weight is 252 g/mol. The predicted molar refractivity (Wildman–Crippen MR) is 71.0 cm³/mol. The van der Waals surface area contributed by atoms with Gasteiger partial charge in [-0.25, -0.2) is 0 Å². The third kappa shape index (κ3) is 3.01. The Morgan fingerprint density at radius 1 is 1.39 bits per heavy atom. The molecule has 0 amide bonds. The summed E-state index contributed by atoms with van der Waals surface area (Å²) in [7, 11) is 1.43. The Morgan fingerprint density at radius 3 is 2.50 bits per heavy atom. The summed E-state index contributed by atoms with van der Waals surface area (Å²) in [5.74, 6) is 0.518. The van der Waals surface area contributed by atoms with Crippen LogP contribution in [0.2, 0.25) is 0 Å². The van der Waals surface area contributed by atoms with Crippen molar-refractivity contribution in [3.63, 3.8) is 0 Å². The number of carbonyl (C=O) groups excluding carboxylic acids is 2. The smallest absolute Gasteiger partial charge is 0.309 e. The van der Waals surface area contributed by atoms with E-state index in [1.807, 2.05) is 6.08 Å². The average Bonchev–Trinajstić information content (AvgIpc) is 2.26. The van der Waals surface area contributed by atoms with Crippen molar-refractivity contribution >= 4 is 12.3 Å². The molecule has 3 heteroatoms. The molecule has 1 aliphatic carbocycles. The van der Waals surface area contributed by atoms with E-state index in [1.165, 1.54) is 7.11 Å². The number of hydrogen-bond donors (Lipinski definition) is 0. The van der Waals surface area contributed by atoms with Crippen LogP contribution in [-0.4, -0.2) is 19.4 Å². The molecule has 0 aromatic rings. The maximum Gasteiger partial charge on any atom is 0.309 e. The van der Waals surface area contributed by atoms with Gasteiger partial charge in [-0.3, -0.25) is 9.59 Å². The number of hydrogen-bond acceptors (Lipinski definition) is 3. The summed E-state index contributed by atoms with van der Waals surface area (Å²) < 4.78 is 4.95. The Morgan fingerprint density at radius 2 is 2.00 bits per heavy atom. The number of allylic oxidation sites excluding steroid dienone is 2. The van der Waals surface area contributed by atoms with Crippen LogP contribution < -0.4 is 0 Å². The zero-order chi connectivity index (χ0) is 13.9. The van der Waals surface area contributed by atoms with Gasteiger partial charge in [0.05, 0.1) is 13.0 Å². The van der Waals surface area contributed by atoms with Gasteiger partial charge in [0.2, 0.25) is 0 Å². The fraction of sp³-hybridized carbons (Fsp3) is 0.733. The normalized spacial score (nSPS) is 37.2. The van der Waals surface area contributed by atoms with Gasteiger partial charge < -0.3 is 4.74 Å². The highest BCUT2D eigenvalue weighted by Crippen LogP contribution is 2.48. The van der Waals surface area contributed by atoms with Crippen molar-refractivity contribution in [2.24, 2.45) is 23.2 Å². The maximum atomic E-state index is 12.0. The van der Waals surface area contributed by atoms with E-state index in [0.29, 0.717) is 11.5 Å². The second kappa shape index (κ2) is 5.68. The van der Waals surface area contributed by atoms with E-state index in [9.17, 15) is 9.59 Å². The van der Waals surface area contributed by atoms with Crippen molar-refractivity contribution < 1.29 is 14.3 Å². The highest BCUT2D eigenvalue weighted by atomic mass is 16.5. The van der Waals surface area contributed by atoms with Gasteiger partial charge in [-0.1, -0.05) is 26.8 Å². The van der Waals surface area contributed by atoms with Crippen molar-refractivity contribution in [2.75, 3.05) is 7.11 Å². The minimum atomic E-state index is -0.283. The number of methoxy groups -OCH3 is 1. The minimum absolute atomic E-state index is 0.159. The fourth-order valence-corrected chi connectivity index (χ4v) is 3.71. The molecule has 1 fully saturated rings. The lowest BCUT2D eigenvalue weighted by molar-refractivity contribution is -0.154. The van der Waals surface area contributed by atoms with Gasteiger partial charge in [-0.05, 0) is 42.6 Å². The van der Waals surface area contributed by atoms with Gasteiger partial charge in [0, 0.05) is 0 Å². The Balaban J connectivity index is 3.15. The van der Waals surface area contributed by atoms with E-state index >= 15 is 0 Å². The lowest BCUT2D eigenvalue weighted by Gasteiger charge is -2.44. The van der Waals surface area contributed by atoms with Crippen molar-refractivity contribution in [1.82, 2.24) is 0 Å². The monoisotopic (exact) mass is 252 g/mol. The molecule has 102 valence electrons. The molecule has 0 N–H and O–H groups in total. The number of rotatable bonds is 3. The molecular formula is C15H24O3. The standard InChI is InChI=1S/C15H24O3/c1-10-6-12(3)13(14(17)18-5)15(4,7-10)8-11(2)9-16/h8-10,12-13H,6-7H2,1-5H3/b11-8-/t10-,12+,13+,15+/m1/s1. The molecular weight excluding hydrogens is 228 g/mol. The molecule has 0 spiro atoms. The van der Waals surface area contributed by atoms with Gasteiger partial charge in [0.1, 0.15) is 6.29 Å². The summed E-state index contributed by atoms with van der Waals surface area (Å²) in [5.41, 5.74) is 0.405. The molecule has 0 aliphatic heterocycles. The second-order valence-electron chi connectivity index (χ2n) is 6.04. The largest absolute Gasteiger partial charge is 0.469 e. The van der Waals surface area contributed by atoms with E-state index in [4.69, 9.17) is 4.74 Å². The van der Waals surface area contributed by atoms with E-state index in [1.54, 1.807) is 6.92 Å². The quantitative estimate of drug-likeness (QED) is 0.440. The highest BCUT2D eigenvalue weighted by Gasteiger charge is 2.46. The van der Waals surface area contributed by atoms with E-state index in [0.717, 1.165) is 19.1 Å². The molecule has 0 heterocycles. The van der Waals surface area contributed by atoms with E-state index in [2.05, 4.69) is 20.8 Å². The van der Waals surface area contributed by atoms with Crippen LogP contribution in [-0.2, 0) is 14.3 Å².